The molecular weight excluding hydrogens is 497 g/mol. The molecule has 3 aromatic rings. The van der Waals surface area contributed by atoms with Crippen LogP contribution in [0.2, 0.25) is 0 Å². The van der Waals surface area contributed by atoms with E-state index >= 15 is 0 Å². The molecular formula is C33H37F3N2O. The van der Waals surface area contributed by atoms with Gasteiger partial charge in [0.15, 0.2) is 0 Å². The minimum Gasteiger partial charge on any atom is -0.463 e. The summed E-state index contributed by atoms with van der Waals surface area (Å²) in [5.41, 5.74) is 2.57. The van der Waals surface area contributed by atoms with Gasteiger partial charge in [0, 0.05) is 23.8 Å². The van der Waals surface area contributed by atoms with E-state index in [1.54, 1.807) is 6.07 Å². The second-order valence-electron chi connectivity index (χ2n) is 11.7. The summed E-state index contributed by atoms with van der Waals surface area (Å²) in [4.78, 5) is 4.30. The van der Waals surface area contributed by atoms with Crippen LogP contribution in [-0.2, 0) is 24.4 Å². The number of halogens is 3. The molecule has 2 heterocycles. The molecule has 0 radical (unpaired) electrons. The molecule has 2 aliphatic rings. The van der Waals surface area contributed by atoms with Crippen molar-refractivity contribution in [3.63, 3.8) is 0 Å². The number of anilines is 1. The van der Waals surface area contributed by atoms with E-state index in [0.717, 1.165) is 42.3 Å². The van der Waals surface area contributed by atoms with Crippen LogP contribution in [0.5, 0.6) is 5.75 Å². The SMILES string of the molecule is CCC(Cc1ccccc1)(Cc1ccc2c(c1)C=CC1(O2)N(C)c2ccc(C(F)(F)F)cc2C1(C)C)N(C)C. The first kappa shape index (κ1) is 27.3. The molecule has 2 aliphatic heterocycles. The van der Waals surface area contributed by atoms with Crippen LogP contribution in [0.1, 0.15) is 55.0 Å². The van der Waals surface area contributed by atoms with Gasteiger partial charge >= 0.3 is 6.18 Å². The number of hydrogen-bond acceptors (Lipinski definition) is 3. The van der Waals surface area contributed by atoms with E-state index in [-0.39, 0.29) is 5.54 Å². The lowest BCUT2D eigenvalue weighted by atomic mass is 9.76. The molecule has 0 bridgehead atoms. The fraction of sp³-hybridized carbons (Fsp3) is 0.394. The minimum absolute atomic E-state index is 0.0401. The van der Waals surface area contributed by atoms with Crippen LogP contribution in [0.3, 0.4) is 0 Å². The Morgan fingerprint density at radius 3 is 2.23 bits per heavy atom. The summed E-state index contributed by atoms with van der Waals surface area (Å²) in [5, 5.41) is 0. The molecule has 0 fully saturated rings. The van der Waals surface area contributed by atoms with E-state index in [4.69, 9.17) is 4.74 Å². The van der Waals surface area contributed by atoms with Gasteiger partial charge < -0.3 is 14.5 Å². The zero-order valence-corrected chi connectivity index (χ0v) is 23.6. The summed E-state index contributed by atoms with van der Waals surface area (Å²) in [5.74, 6) is 0.736. The molecule has 0 amide bonds. The van der Waals surface area contributed by atoms with Crippen molar-refractivity contribution in [1.82, 2.24) is 4.90 Å². The van der Waals surface area contributed by atoms with Crippen molar-refractivity contribution in [2.45, 2.75) is 62.9 Å². The summed E-state index contributed by atoms with van der Waals surface area (Å²) in [6, 6.07) is 20.9. The number of nitrogens with zero attached hydrogens (tertiary/aromatic N) is 2. The Morgan fingerprint density at radius 2 is 1.59 bits per heavy atom. The number of ether oxygens (including phenoxy) is 1. The molecule has 5 rings (SSSR count). The average Bonchev–Trinajstić information content (AvgIpc) is 3.06. The van der Waals surface area contributed by atoms with Gasteiger partial charge in [-0.25, -0.2) is 0 Å². The first-order chi connectivity index (χ1) is 18.3. The van der Waals surface area contributed by atoms with Gasteiger partial charge in [-0.2, -0.15) is 13.2 Å². The average molecular weight is 535 g/mol. The van der Waals surface area contributed by atoms with Gasteiger partial charge in [0.05, 0.1) is 11.0 Å². The van der Waals surface area contributed by atoms with Crippen molar-refractivity contribution in [3.8, 4) is 5.75 Å². The van der Waals surface area contributed by atoms with Crippen LogP contribution >= 0.6 is 0 Å². The minimum atomic E-state index is -4.40. The first-order valence-electron chi connectivity index (χ1n) is 13.5. The van der Waals surface area contributed by atoms with Gasteiger partial charge in [-0.3, -0.25) is 0 Å². The fourth-order valence-corrected chi connectivity index (χ4v) is 6.45. The lowest BCUT2D eigenvalue weighted by Crippen LogP contribution is -2.58. The molecule has 0 saturated heterocycles. The van der Waals surface area contributed by atoms with Crippen molar-refractivity contribution < 1.29 is 17.9 Å². The molecule has 6 heteroatoms. The van der Waals surface area contributed by atoms with E-state index < -0.39 is 22.9 Å². The Kier molecular flexibility index (Phi) is 6.61. The van der Waals surface area contributed by atoms with E-state index in [0.29, 0.717) is 5.56 Å². The van der Waals surface area contributed by atoms with Crippen molar-refractivity contribution >= 4 is 11.8 Å². The Balaban J connectivity index is 1.46. The predicted octanol–water partition coefficient (Wildman–Crippen LogP) is 7.73. The Bertz CT molecular complexity index is 1400. The molecule has 3 nitrogen and oxygen atoms in total. The van der Waals surface area contributed by atoms with E-state index in [2.05, 4.69) is 68.4 Å². The highest BCUT2D eigenvalue weighted by Crippen LogP contribution is 2.55. The van der Waals surface area contributed by atoms with Gasteiger partial charge in [0.1, 0.15) is 5.75 Å². The van der Waals surface area contributed by atoms with Crippen molar-refractivity contribution in [2.75, 3.05) is 26.0 Å². The van der Waals surface area contributed by atoms with E-state index in [9.17, 15) is 13.2 Å². The van der Waals surface area contributed by atoms with E-state index in [1.807, 2.05) is 44.0 Å². The zero-order valence-electron chi connectivity index (χ0n) is 23.6. The van der Waals surface area contributed by atoms with Crippen LogP contribution in [0, 0.1) is 0 Å². The number of rotatable bonds is 6. The van der Waals surface area contributed by atoms with Crippen LogP contribution < -0.4 is 9.64 Å². The molecule has 0 aliphatic carbocycles. The normalized spacial score (nSPS) is 21.0. The molecule has 2 atom stereocenters. The van der Waals surface area contributed by atoms with Gasteiger partial charge in [-0.15, -0.1) is 0 Å². The van der Waals surface area contributed by atoms with Crippen molar-refractivity contribution in [2.24, 2.45) is 0 Å². The van der Waals surface area contributed by atoms with Crippen LogP contribution in [0.15, 0.2) is 72.8 Å². The van der Waals surface area contributed by atoms with Gasteiger partial charge in [0.2, 0.25) is 5.72 Å². The number of alkyl halides is 3. The number of fused-ring (bicyclic) bond motifs is 2. The monoisotopic (exact) mass is 534 g/mol. The summed E-state index contributed by atoms with van der Waals surface area (Å²) in [7, 11) is 6.19. The smallest absolute Gasteiger partial charge is 0.416 e. The molecule has 206 valence electrons. The highest BCUT2D eigenvalue weighted by Gasteiger charge is 2.58. The standard InChI is InChI=1S/C33H37F3N2O/c1-7-31(37(4)5,21-23-11-9-8-10-12-23)22-24-13-16-29-25(19-24)17-18-32(39-29)30(2,3)27-20-26(33(34,35)36)14-15-28(27)38(32)6/h8-20H,7,21-22H2,1-6H3. The summed E-state index contributed by atoms with van der Waals surface area (Å²) < 4.78 is 47.3. The van der Waals surface area contributed by atoms with Gasteiger partial charge in [-0.1, -0.05) is 43.3 Å². The zero-order chi connectivity index (χ0) is 28.2. The third kappa shape index (κ3) is 4.43. The summed E-state index contributed by atoms with van der Waals surface area (Å²) >= 11 is 0. The largest absolute Gasteiger partial charge is 0.463 e. The van der Waals surface area contributed by atoms with Crippen LogP contribution in [-0.4, -0.2) is 37.3 Å². The number of hydrogen-bond donors (Lipinski definition) is 0. The molecule has 0 N–H and O–H groups in total. The second-order valence-corrected chi connectivity index (χ2v) is 11.7. The van der Waals surface area contributed by atoms with E-state index in [1.165, 1.54) is 17.2 Å². The molecule has 3 aromatic carbocycles. The van der Waals surface area contributed by atoms with Gasteiger partial charge in [-0.05, 0) is 106 Å². The third-order valence-electron chi connectivity index (χ3n) is 9.10. The summed E-state index contributed by atoms with van der Waals surface area (Å²) in [6.07, 6.45) is 2.51. The molecule has 0 aromatic heterocycles. The fourth-order valence-electron chi connectivity index (χ4n) is 6.45. The van der Waals surface area contributed by atoms with Crippen LogP contribution in [0.4, 0.5) is 18.9 Å². The maximum absolute atomic E-state index is 13.5. The molecule has 2 unspecified atom stereocenters. The van der Waals surface area contributed by atoms with Crippen LogP contribution in [0.25, 0.3) is 6.08 Å². The second kappa shape index (κ2) is 9.44. The molecule has 0 saturated carbocycles. The maximum Gasteiger partial charge on any atom is 0.416 e. The van der Waals surface area contributed by atoms with Gasteiger partial charge in [0.25, 0.3) is 0 Å². The number of benzene rings is 3. The Morgan fingerprint density at radius 1 is 0.897 bits per heavy atom. The Labute approximate surface area is 229 Å². The van der Waals surface area contributed by atoms with Crippen molar-refractivity contribution in [3.05, 3.63) is 101 Å². The number of likely N-dealkylation sites (N-methyl/N-ethyl adjacent to an activating group) is 2. The maximum atomic E-state index is 13.5. The first-order valence-corrected chi connectivity index (χ1v) is 13.5. The highest BCUT2D eigenvalue weighted by molar-refractivity contribution is 5.72. The quantitative estimate of drug-likeness (QED) is 0.322. The lowest BCUT2D eigenvalue weighted by molar-refractivity contribution is -0.137. The molecule has 39 heavy (non-hydrogen) atoms. The lowest BCUT2D eigenvalue weighted by Gasteiger charge is -2.46. The third-order valence-corrected chi connectivity index (χ3v) is 9.10. The summed E-state index contributed by atoms with van der Waals surface area (Å²) in [6.45, 7) is 6.15. The van der Waals surface area contributed by atoms with Crippen molar-refractivity contribution in [1.29, 1.82) is 0 Å². The Hall–Kier alpha value is -3.25. The molecule has 1 spiro atoms. The highest BCUT2D eigenvalue weighted by atomic mass is 19.4. The topological polar surface area (TPSA) is 15.7 Å². The predicted molar refractivity (Wildman–Crippen MR) is 152 cm³/mol.